The molecule has 3 aromatic rings. The third kappa shape index (κ3) is 2.62. The second-order valence-corrected chi connectivity index (χ2v) is 6.30. The van der Waals surface area contributed by atoms with E-state index in [2.05, 4.69) is 33.1 Å². The molecule has 1 saturated carbocycles. The molecule has 1 aliphatic carbocycles. The van der Waals surface area contributed by atoms with Crippen molar-refractivity contribution in [2.75, 3.05) is 12.4 Å². The van der Waals surface area contributed by atoms with Crippen LogP contribution in [0.25, 0.3) is 10.9 Å². The molecule has 4 rings (SSSR count). The molecule has 0 spiro atoms. The molecule has 5 nitrogen and oxygen atoms in total. The number of rotatable bonds is 4. The summed E-state index contributed by atoms with van der Waals surface area (Å²) in [6, 6.07) is 10.3. The van der Waals surface area contributed by atoms with Crippen molar-refractivity contribution in [2.45, 2.75) is 18.8 Å². The van der Waals surface area contributed by atoms with Crippen molar-refractivity contribution in [1.29, 1.82) is 5.41 Å². The van der Waals surface area contributed by atoms with Crippen LogP contribution in [-0.4, -0.2) is 22.6 Å². The van der Waals surface area contributed by atoms with E-state index in [4.69, 9.17) is 10.1 Å². The second-order valence-electron chi connectivity index (χ2n) is 6.30. The van der Waals surface area contributed by atoms with Gasteiger partial charge in [-0.05, 0) is 54.0 Å². The Kier molecular flexibility index (Phi) is 3.49. The minimum atomic E-state index is 0.132. The molecular weight excluding hydrogens is 300 g/mol. The molecule has 0 unspecified atom stereocenters. The fourth-order valence-electron chi connectivity index (χ4n) is 2.98. The molecule has 0 saturated heterocycles. The van der Waals surface area contributed by atoms with Crippen LogP contribution < -0.4 is 5.32 Å². The number of nitrogens with zero attached hydrogens (tertiary/aromatic N) is 2. The standard InChI is InChI=1S/C19H20N4O/c1-23-8-7-13-5-6-15(10-17(13)23)22-19-16(18(20)24-2)9-14(11-21-19)12-3-4-12/h5-12,20H,3-4H2,1-2H3,(H,21,22). The zero-order valence-corrected chi connectivity index (χ0v) is 13.8. The summed E-state index contributed by atoms with van der Waals surface area (Å²) in [7, 11) is 3.55. The fraction of sp³-hybridized carbons (Fsp3) is 0.263. The van der Waals surface area contributed by atoms with Crippen molar-refractivity contribution in [3.63, 3.8) is 0 Å². The first-order chi connectivity index (χ1) is 11.7. The predicted octanol–water partition coefficient (Wildman–Crippen LogP) is 4.17. The Morgan fingerprint density at radius 3 is 2.88 bits per heavy atom. The predicted molar refractivity (Wildman–Crippen MR) is 96.3 cm³/mol. The lowest BCUT2D eigenvalue weighted by molar-refractivity contribution is 0.401. The molecule has 122 valence electrons. The van der Waals surface area contributed by atoms with Crippen LogP contribution in [0.2, 0.25) is 0 Å². The summed E-state index contributed by atoms with van der Waals surface area (Å²) in [5.41, 5.74) is 3.99. The van der Waals surface area contributed by atoms with Gasteiger partial charge in [0.05, 0.1) is 12.7 Å². The van der Waals surface area contributed by atoms with E-state index in [1.165, 1.54) is 30.9 Å². The highest BCUT2D eigenvalue weighted by molar-refractivity contribution is 5.97. The maximum atomic E-state index is 8.08. The van der Waals surface area contributed by atoms with Gasteiger partial charge in [-0.1, -0.05) is 6.07 Å². The molecule has 2 aromatic heterocycles. The summed E-state index contributed by atoms with van der Waals surface area (Å²) in [5.74, 6) is 1.38. The van der Waals surface area contributed by atoms with Crippen LogP contribution in [0.5, 0.6) is 0 Å². The Balaban J connectivity index is 1.71. The maximum Gasteiger partial charge on any atom is 0.216 e. The Hall–Kier alpha value is -2.82. The fourth-order valence-corrected chi connectivity index (χ4v) is 2.98. The molecule has 1 aliphatic rings. The van der Waals surface area contributed by atoms with Gasteiger partial charge in [-0.2, -0.15) is 0 Å². The smallest absolute Gasteiger partial charge is 0.216 e. The monoisotopic (exact) mass is 320 g/mol. The number of benzene rings is 1. The molecule has 0 atom stereocenters. The lowest BCUT2D eigenvalue weighted by atomic mass is 10.1. The van der Waals surface area contributed by atoms with E-state index in [1.807, 2.05) is 31.6 Å². The number of anilines is 2. The van der Waals surface area contributed by atoms with E-state index in [0.717, 1.165) is 11.2 Å². The van der Waals surface area contributed by atoms with Crippen LogP contribution >= 0.6 is 0 Å². The second kappa shape index (κ2) is 5.67. The zero-order chi connectivity index (χ0) is 16.7. The third-order valence-electron chi connectivity index (χ3n) is 4.56. The van der Waals surface area contributed by atoms with Gasteiger partial charge in [0.15, 0.2) is 0 Å². The molecule has 2 heterocycles. The van der Waals surface area contributed by atoms with Gasteiger partial charge in [-0.15, -0.1) is 0 Å². The highest BCUT2D eigenvalue weighted by atomic mass is 16.5. The normalized spacial score (nSPS) is 13.9. The largest absolute Gasteiger partial charge is 0.481 e. The molecule has 24 heavy (non-hydrogen) atoms. The van der Waals surface area contributed by atoms with Crippen LogP contribution in [0.4, 0.5) is 11.5 Å². The summed E-state index contributed by atoms with van der Waals surface area (Å²) in [5, 5.41) is 12.6. The molecule has 1 fully saturated rings. The summed E-state index contributed by atoms with van der Waals surface area (Å²) in [4.78, 5) is 4.56. The van der Waals surface area contributed by atoms with Gasteiger partial charge in [0.25, 0.3) is 0 Å². The molecule has 0 amide bonds. The molecular formula is C19H20N4O. The van der Waals surface area contributed by atoms with Gasteiger partial charge < -0.3 is 14.6 Å². The van der Waals surface area contributed by atoms with Crippen molar-refractivity contribution < 1.29 is 4.74 Å². The van der Waals surface area contributed by atoms with Crippen molar-refractivity contribution in [3.8, 4) is 0 Å². The van der Waals surface area contributed by atoms with Crippen LogP contribution in [0, 0.1) is 5.41 Å². The minimum Gasteiger partial charge on any atom is -0.481 e. The van der Waals surface area contributed by atoms with E-state index < -0.39 is 0 Å². The van der Waals surface area contributed by atoms with E-state index in [-0.39, 0.29) is 5.90 Å². The summed E-state index contributed by atoms with van der Waals surface area (Å²) < 4.78 is 7.23. The Labute approximate surface area is 140 Å². The Morgan fingerprint density at radius 1 is 1.29 bits per heavy atom. The number of methoxy groups -OCH3 is 1. The number of fused-ring (bicyclic) bond motifs is 1. The first-order valence-electron chi connectivity index (χ1n) is 8.10. The minimum absolute atomic E-state index is 0.132. The van der Waals surface area contributed by atoms with Crippen molar-refractivity contribution in [1.82, 2.24) is 9.55 Å². The molecule has 5 heteroatoms. The van der Waals surface area contributed by atoms with Crippen LogP contribution in [0.15, 0.2) is 42.7 Å². The quantitative estimate of drug-likeness (QED) is 0.560. The van der Waals surface area contributed by atoms with Crippen LogP contribution in [0.1, 0.15) is 29.9 Å². The van der Waals surface area contributed by atoms with Gasteiger partial charge in [0, 0.05) is 30.6 Å². The van der Waals surface area contributed by atoms with Gasteiger partial charge >= 0.3 is 0 Å². The lowest BCUT2D eigenvalue weighted by Gasteiger charge is -2.13. The number of pyridine rings is 1. The Bertz CT molecular complexity index is 924. The van der Waals surface area contributed by atoms with Crippen LogP contribution in [0.3, 0.4) is 0 Å². The zero-order valence-electron chi connectivity index (χ0n) is 13.8. The maximum absolute atomic E-state index is 8.08. The summed E-state index contributed by atoms with van der Waals surface area (Å²) >= 11 is 0. The Morgan fingerprint density at radius 2 is 2.12 bits per heavy atom. The van der Waals surface area contributed by atoms with Crippen molar-refractivity contribution in [3.05, 3.63) is 53.9 Å². The van der Waals surface area contributed by atoms with Gasteiger partial charge in [0.2, 0.25) is 5.90 Å². The number of ether oxygens (including phenoxy) is 1. The topological polar surface area (TPSA) is 62.9 Å². The van der Waals surface area contributed by atoms with E-state index in [9.17, 15) is 0 Å². The summed E-state index contributed by atoms with van der Waals surface area (Å²) in [6.45, 7) is 0. The number of aromatic nitrogens is 2. The van der Waals surface area contributed by atoms with E-state index in [1.54, 1.807) is 0 Å². The van der Waals surface area contributed by atoms with E-state index in [0.29, 0.717) is 17.3 Å². The molecule has 0 radical (unpaired) electrons. The third-order valence-corrected chi connectivity index (χ3v) is 4.56. The average Bonchev–Trinajstić information content (AvgIpc) is 3.39. The number of nitrogens with one attached hydrogen (secondary N) is 2. The first kappa shape index (κ1) is 14.8. The average molecular weight is 320 g/mol. The number of aryl methyl sites for hydroxylation is 1. The molecule has 2 N–H and O–H groups in total. The van der Waals surface area contributed by atoms with Crippen molar-refractivity contribution in [2.24, 2.45) is 7.05 Å². The van der Waals surface area contributed by atoms with E-state index >= 15 is 0 Å². The van der Waals surface area contributed by atoms with Gasteiger partial charge in [-0.25, -0.2) is 4.98 Å². The summed E-state index contributed by atoms with van der Waals surface area (Å²) in [6.07, 6.45) is 6.37. The number of hydrogen-bond acceptors (Lipinski definition) is 4. The molecule has 0 bridgehead atoms. The van der Waals surface area contributed by atoms with Crippen molar-refractivity contribution >= 4 is 28.3 Å². The lowest BCUT2D eigenvalue weighted by Crippen LogP contribution is -2.08. The highest BCUT2D eigenvalue weighted by Crippen LogP contribution is 2.40. The number of hydrogen-bond donors (Lipinski definition) is 2. The van der Waals surface area contributed by atoms with Crippen LogP contribution in [-0.2, 0) is 11.8 Å². The van der Waals surface area contributed by atoms with Gasteiger partial charge in [0.1, 0.15) is 5.82 Å². The van der Waals surface area contributed by atoms with Gasteiger partial charge in [-0.3, -0.25) is 5.41 Å². The molecule has 0 aliphatic heterocycles. The molecule has 1 aromatic carbocycles. The highest BCUT2D eigenvalue weighted by Gasteiger charge is 2.25. The first-order valence-corrected chi connectivity index (χ1v) is 8.10. The SMILES string of the molecule is COC(=N)c1cc(C2CC2)cnc1Nc1ccc2ccn(C)c2c1.